The Kier molecular flexibility index (Phi) is 3.33. The Morgan fingerprint density at radius 3 is 2.85 bits per heavy atom. The van der Waals surface area contributed by atoms with E-state index in [-0.39, 0.29) is 5.91 Å². The van der Waals surface area contributed by atoms with Crippen LogP contribution in [0.5, 0.6) is 0 Å². The number of aryl methyl sites for hydroxylation is 1. The minimum atomic E-state index is -0.208. The first-order chi connectivity index (χ1) is 9.66. The van der Waals surface area contributed by atoms with Crippen molar-refractivity contribution in [1.29, 1.82) is 0 Å². The smallest absolute Gasteiger partial charge is 0.263 e. The van der Waals surface area contributed by atoms with E-state index in [9.17, 15) is 4.79 Å². The van der Waals surface area contributed by atoms with Crippen molar-refractivity contribution < 1.29 is 4.79 Å². The summed E-state index contributed by atoms with van der Waals surface area (Å²) < 4.78 is 0. The van der Waals surface area contributed by atoms with E-state index >= 15 is 0 Å². The molecule has 3 aromatic heterocycles. The highest BCUT2D eigenvalue weighted by molar-refractivity contribution is 7.21. The third-order valence-corrected chi connectivity index (χ3v) is 4.86. The van der Waals surface area contributed by atoms with Gasteiger partial charge in [-0.05, 0) is 6.92 Å². The van der Waals surface area contributed by atoms with Crippen molar-refractivity contribution in [2.75, 3.05) is 5.73 Å². The summed E-state index contributed by atoms with van der Waals surface area (Å²) in [7, 11) is 0. The number of hydrogen-bond acceptors (Lipinski definition) is 7. The van der Waals surface area contributed by atoms with E-state index in [2.05, 4.69) is 20.3 Å². The average molecular weight is 305 g/mol. The van der Waals surface area contributed by atoms with E-state index in [1.807, 2.05) is 6.92 Å². The molecule has 1 amide bonds. The van der Waals surface area contributed by atoms with Crippen LogP contribution in [0.2, 0.25) is 0 Å². The molecule has 0 aliphatic rings. The highest BCUT2D eigenvalue weighted by Crippen LogP contribution is 2.30. The van der Waals surface area contributed by atoms with E-state index in [4.69, 9.17) is 5.73 Å². The Balaban J connectivity index is 1.82. The fourth-order valence-corrected chi connectivity index (χ4v) is 3.40. The molecule has 3 rings (SSSR count). The molecule has 0 spiro atoms. The second-order valence-electron chi connectivity index (χ2n) is 4.10. The summed E-state index contributed by atoms with van der Waals surface area (Å²) in [4.78, 5) is 26.8. The molecule has 20 heavy (non-hydrogen) atoms. The van der Waals surface area contributed by atoms with Crippen LogP contribution < -0.4 is 11.1 Å². The first-order valence-electron chi connectivity index (χ1n) is 5.83. The van der Waals surface area contributed by atoms with Crippen LogP contribution in [0, 0.1) is 6.92 Å². The van der Waals surface area contributed by atoms with E-state index < -0.39 is 0 Å². The molecule has 0 aromatic carbocycles. The SMILES string of the molecule is Cc1ncsc1CNC(=O)c1sc2nccnc2c1N. The highest BCUT2D eigenvalue weighted by Gasteiger charge is 2.17. The molecule has 0 bridgehead atoms. The number of fused-ring (bicyclic) bond motifs is 1. The molecule has 3 N–H and O–H groups in total. The third kappa shape index (κ3) is 2.23. The Morgan fingerprint density at radius 1 is 1.35 bits per heavy atom. The molecule has 0 unspecified atom stereocenters. The number of anilines is 1. The van der Waals surface area contributed by atoms with Gasteiger partial charge < -0.3 is 11.1 Å². The number of nitrogens with one attached hydrogen (secondary N) is 1. The molecule has 0 radical (unpaired) electrons. The molecular formula is C12H11N5OS2. The summed E-state index contributed by atoms with van der Waals surface area (Å²) in [5.74, 6) is -0.208. The van der Waals surface area contributed by atoms with Gasteiger partial charge in [0.1, 0.15) is 15.2 Å². The van der Waals surface area contributed by atoms with Crippen molar-refractivity contribution >= 4 is 44.6 Å². The lowest BCUT2D eigenvalue weighted by atomic mass is 10.3. The molecule has 0 aliphatic heterocycles. The van der Waals surface area contributed by atoms with Gasteiger partial charge >= 0.3 is 0 Å². The van der Waals surface area contributed by atoms with Gasteiger partial charge in [-0.25, -0.2) is 15.0 Å². The number of thiophene rings is 1. The van der Waals surface area contributed by atoms with Gasteiger partial charge in [0.2, 0.25) is 0 Å². The Bertz CT molecular complexity index is 779. The van der Waals surface area contributed by atoms with Crippen LogP contribution in [0.4, 0.5) is 5.69 Å². The number of carbonyl (C=O) groups is 1. The number of aromatic nitrogens is 3. The number of nitrogen functional groups attached to an aromatic ring is 1. The van der Waals surface area contributed by atoms with Crippen molar-refractivity contribution in [2.24, 2.45) is 0 Å². The van der Waals surface area contributed by atoms with Gasteiger partial charge in [-0.1, -0.05) is 0 Å². The number of nitrogens with two attached hydrogens (primary N) is 1. The molecule has 8 heteroatoms. The number of carbonyl (C=O) groups excluding carboxylic acids is 1. The molecule has 0 fully saturated rings. The van der Waals surface area contributed by atoms with Crippen molar-refractivity contribution in [3.05, 3.63) is 33.4 Å². The normalized spacial score (nSPS) is 10.8. The van der Waals surface area contributed by atoms with E-state index in [1.165, 1.54) is 22.7 Å². The fraction of sp³-hybridized carbons (Fsp3) is 0.167. The van der Waals surface area contributed by atoms with Gasteiger partial charge in [0.25, 0.3) is 5.91 Å². The zero-order valence-corrected chi connectivity index (χ0v) is 12.2. The van der Waals surface area contributed by atoms with Crippen LogP contribution >= 0.6 is 22.7 Å². The minimum absolute atomic E-state index is 0.208. The van der Waals surface area contributed by atoms with Crippen LogP contribution in [-0.2, 0) is 6.54 Å². The summed E-state index contributed by atoms with van der Waals surface area (Å²) in [6.45, 7) is 2.36. The topological polar surface area (TPSA) is 93.8 Å². The van der Waals surface area contributed by atoms with Crippen LogP contribution in [0.3, 0.4) is 0 Å². The number of nitrogens with zero attached hydrogens (tertiary/aromatic N) is 3. The van der Waals surface area contributed by atoms with Crippen molar-refractivity contribution in [1.82, 2.24) is 20.3 Å². The number of thiazole rings is 1. The highest BCUT2D eigenvalue weighted by atomic mass is 32.1. The Hall–Kier alpha value is -2.06. The quantitative estimate of drug-likeness (QED) is 0.771. The molecule has 6 nitrogen and oxygen atoms in total. The minimum Gasteiger partial charge on any atom is -0.396 e. The number of hydrogen-bond donors (Lipinski definition) is 2. The Labute approximate surface area is 122 Å². The molecule has 0 saturated carbocycles. The van der Waals surface area contributed by atoms with Crippen molar-refractivity contribution in [2.45, 2.75) is 13.5 Å². The summed E-state index contributed by atoms with van der Waals surface area (Å²) in [6, 6.07) is 0. The van der Waals surface area contributed by atoms with Gasteiger partial charge in [0.15, 0.2) is 0 Å². The van der Waals surface area contributed by atoms with E-state index in [0.29, 0.717) is 27.5 Å². The van der Waals surface area contributed by atoms with Crippen LogP contribution in [0.15, 0.2) is 17.9 Å². The summed E-state index contributed by atoms with van der Waals surface area (Å²) in [5.41, 5.74) is 9.62. The molecule has 102 valence electrons. The first-order valence-corrected chi connectivity index (χ1v) is 7.52. The maximum absolute atomic E-state index is 12.2. The van der Waals surface area contributed by atoms with Crippen molar-refractivity contribution in [3.8, 4) is 0 Å². The molecule has 0 atom stereocenters. The standard InChI is InChI=1S/C12H11N5OS2/c1-6-7(19-5-17-6)4-16-11(18)10-8(13)9-12(20-10)15-3-2-14-9/h2-3,5H,4,13H2,1H3,(H,16,18). The zero-order chi connectivity index (χ0) is 14.1. The number of amides is 1. The van der Waals surface area contributed by atoms with E-state index in [1.54, 1.807) is 17.9 Å². The van der Waals surface area contributed by atoms with Crippen molar-refractivity contribution in [3.63, 3.8) is 0 Å². The summed E-state index contributed by atoms with van der Waals surface area (Å²) >= 11 is 2.77. The van der Waals surface area contributed by atoms with Gasteiger partial charge in [-0.15, -0.1) is 22.7 Å². The van der Waals surface area contributed by atoms with Crippen LogP contribution in [0.25, 0.3) is 10.3 Å². The van der Waals surface area contributed by atoms with Crippen LogP contribution in [-0.4, -0.2) is 20.9 Å². The predicted molar refractivity (Wildman–Crippen MR) is 79.8 cm³/mol. The largest absolute Gasteiger partial charge is 0.396 e. The van der Waals surface area contributed by atoms with Gasteiger partial charge in [0.05, 0.1) is 23.4 Å². The van der Waals surface area contributed by atoms with Gasteiger partial charge in [-0.3, -0.25) is 4.79 Å². The Morgan fingerprint density at radius 2 is 2.15 bits per heavy atom. The predicted octanol–water partition coefficient (Wildman–Crippen LogP) is 1.97. The lowest BCUT2D eigenvalue weighted by Gasteiger charge is -2.02. The van der Waals surface area contributed by atoms with Gasteiger partial charge in [-0.2, -0.15) is 0 Å². The molecule has 0 aliphatic carbocycles. The lowest BCUT2D eigenvalue weighted by Crippen LogP contribution is -2.22. The monoisotopic (exact) mass is 305 g/mol. The second kappa shape index (κ2) is 5.14. The number of rotatable bonds is 3. The maximum Gasteiger partial charge on any atom is 0.263 e. The zero-order valence-electron chi connectivity index (χ0n) is 10.6. The fourth-order valence-electron chi connectivity index (χ4n) is 1.75. The first kappa shape index (κ1) is 12.9. The maximum atomic E-state index is 12.2. The average Bonchev–Trinajstić information content (AvgIpc) is 3.01. The molecule has 3 aromatic rings. The molecular weight excluding hydrogens is 294 g/mol. The lowest BCUT2D eigenvalue weighted by molar-refractivity contribution is 0.0956. The van der Waals surface area contributed by atoms with Crippen LogP contribution in [0.1, 0.15) is 20.2 Å². The second-order valence-corrected chi connectivity index (χ2v) is 6.04. The molecule has 3 heterocycles. The van der Waals surface area contributed by atoms with Gasteiger partial charge in [0, 0.05) is 17.3 Å². The summed E-state index contributed by atoms with van der Waals surface area (Å²) in [6.07, 6.45) is 3.15. The van der Waals surface area contributed by atoms with E-state index in [0.717, 1.165) is 10.6 Å². The molecule has 0 saturated heterocycles. The summed E-state index contributed by atoms with van der Waals surface area (Å²) in [5, 5.41) is 2.85. The third-order valence-electron chi connectivity index (χ3n) is 2.82.